The number of aromatic nitrogens is 1. The van der Waals surface area contributed by atoms with Gasteiger partial charge < -0.3 is 15.2 Å². The zero-order chi connectivity index (χ0) is 14.5. The third-order valence-electron chi connectivity index (χ3n) is 3.00. The third kappa shape index (κ3) is 3.34. The number of carbonyl (C=O) groups is 1. The van der Waals surface area contributed by atoms with Gasteiger partial charge in [0.1, 0.15) is 11.6 Å². The minimum Gasteiger partial charge on any atom is -0.361 e. The molecule has 1 aromatic carbocycles. The smallest absolute Gasteiger partial charge is 0.315 e. The van der Waals surface area contributed by atoms with Gasteiger partial charge in [0.15, 0.2) is 0 Å². The number of aryl methyl sites for hydroxylation is 2. The number of hydrogen-bond acceptors (Lipinski definition) is 3. The standard InChI is InChI=1S/C14H16FN3O2/c1-9-12(10(2)20-18-9)8-17-14(19)16-7-11-5-3-4-6-13(11)15/h3-6H,7-8H2,1-2H3,(H2,16,17,19). The lowest BCUT2D eigenvalue weighted by Gasteiger charge is -2.08. The summed E-state index contributed by atoms with van der Waals surface area (Å²) >= 11 is 0. The number of nitrogens with zero attached hydrogens (tertiary/aromatic N) is 1. The number of nitrogens with one attached hydrogen (secondary N) is 2. The van der Waals surface area contributed by atoms with Crippen LogP contribution in [-0.2, 0) is 13.1 Å². The van der Waals surface area contributed by atoms with Crippen molar-refractivity contribution < 1.29 is 13.7 Å². The Morgan fingerprint density at radius 2 is 1.95 bits per heavy atom. The predicted octanol–water partition coefficient (Wildman–Crippen LogP) is 2.43. The molecule has 0 spiro atoms. The number of benzene rings is 1. The largest absolute Gasteiger partial charge is 0.361 e. The van der Waals surface area contributed by atoms with Crippen molar-refractivity contribution in [2.75, 3.05) is 0 Å². The van der Waals surface area contributed by atoms with E-state index in [1.54, 1.807) is 25.1 Å². The SMILES string of the molecule is Cc1noc(C)c1CNC(=O)NCc1ccccc1F. The zero-order valence-corrected chi connectivity index (χ0v) is 11.4. The van der Waals surface area contributed by atoms with Crippen molar-refractivity contribution in [3.8, 4) is 0 Å². The van der Waals surface area contributed by atoms with E-state index in [4.69, 9.17) is 4.52 Å². The second kappa shape index (κ2) is 6.18. The van der Waals surface area contributed by atoms with Gasteiger partial charge in [-0.15, -0.1) is 0 Å². The molecular formula is C14H16FN3O2. The van der Waals surface area contributed by atoms with Crippen molar-refractivity contribution in [1.29, 1.82) is 0 Å². The maximum atomic E-state index is 13.4. The van der Waals surface area contributed by atoms with Gasteiger partial charge in [0.05, 0.1) is 5.69 Å². The van der Waals surface area contributed by atoms with Crippen LogP contribution >= 0.6 is 0 Å². The molecule has 0 radical (unpaired) electrons. The maximum absolute atomic E-state index is 13.4. The van der Waals surface area contributed by atoms with E-state index in [0.717, 1.165) is 11.3 Å². The number of rotatable bonds is 4. The topological polar surface area (TPSA) is 67.2 Å². The lowest BCUT2D eigenvalue weighted by Crippen LogP contribution is -2.34. The molecule has 1 aromatic heterocycles. The summed E-state index contributed by atoms with van der Waals surface area (Å²) in [6.07, 6.45) is 0. The predicted molar refractivity (Wildman–Crippen MR) is 71.5 cm³/mol. The van der Waals surface area contributed by atoms with Crippen molar-refractivity contribution in [3.05, 3.63) is 52.7 Å². The molecule has 0 saturated carbocycles. The molecule has 0 saturated heterocycles. The van der Waals surface area contributed by atoms with E-state index in [9.17, 15) is 9.18 Å². The van der Waals surface area contributed by atoms with Gasteiger partial charge >= 0.3 is 6.03 Å². The van der Waals surface area contributed by atoms with Crippen LogP contribution in [0.2, 0.25) is 0 Å². The summed E-state index contributed by atoms with van der Waals surface area (Å²) in [6.45, 7) is 4.06. The first-order valence-electron chi connectivity index (χ1n) is 6.24. The van der Waals surface area contributed by atoms with Gasteiger partial charge in [-0.1, -0.05) is 23.4 Å². The Kier molecular flexibility index (Phi) is 4.34. The molecule has 2 N–H and O–H groups in total. The van der Waals surface area contributed by atoms with Crippen LogP contribution in [0.3, 0.4) is 0 Å². The highest BCUT2D eigenvalue weighted by Crippen LogP contribution is 2.11. The first-order valence-corrected chi connectivity index (χ1v) is 6.24. The molecule has 0 atom stereocenters. The van der Waals surface area contributed by atoms with E-state index < -0.39 is 0 Å². The van der Waals surface area contributed by atoms with Crippen LogP contribution < -0.4 is 10.6 Å². The van der Waals surface area contributed by atoms with E-state index in [0.29, 0.717) is 17.9 Å². The lowest BCUT2D eigenvalue weighted by atomic mass is 10.2. The number of urea groups is 1. The molecular weight excluding hydrogens is 261 g/mol. The van der Waals surface area contributed by atoms with E-state index >= 15 is 0 Å². The van der Waals surface area contributed by atoms with Crippen molar-refractivity contribution in [1.82, 2.24) is 15.8 Å². The van der Waals surface area contributed by atoms with Crippen LogP contribution in [-0.4, -0.2) is 11.2 Å². The van der Waals surface area contributed by atoms with E-state index in [1.807, 2.05) is 6.92 Å². The van der Waals surface area contributed by atoms with Crippen LogP contribution in [0.25, 0.3) is 0 Å². The molecule has 2 rings (SSSR count). The average molecular weight is 277 g/mol. The van der Waals surface area contributed by atoms with Crippen molar-refractivity contribution >= 4 is 6.03 Å². The van der Waals surface area contributed by atoms with Gasteiger partial charge in [-0.05, 0) is 19.9 Å². The molecule has 1 heterocycles. The molecule has 0 fully saturated rings. The fourth-order valence-electron chi connectivity index (χ4n) is 1.80. The van der Waals surface area contributed by atoms with Crippen LogP contribution in [0, 0.1) is 19.7 Å². The summed E-state index contributed by atoms with van der Waals surface area (Å²) < 4.78 is 18.4. The van der Waals surface area contributed by atoms with Crippen molar-refractivity contribution in [2.24, 2.45) is 0 Å². The Bertz CT molecular complexity index is 591. The monoisotopic (exact) mass is 277 g/mol. The summed E-state index contributed by atoms with van der Waals surface area (Å²) in [5, 5.41) is 9.09. The summed E-state index contributed by atoms with van der Waals surface area (Å²) in [6, 6.07) is 5.95. The molecule has 6 heteroatoms. The van der Waals surface area contributed by atoms with Crippen molar-refractivity contribution in [2.45, 2.75) is 26.9 Å². The van der Waals surface area contributed by atoms with Crippen LogP contribution in [0.1, 0.15) is 22.6 Å². The normalized spacial score (nSPS) is 10.3. The van der Waals surface area contributed by atoms with Crippen LogP contribution in [0.5, 0.6) is 0 Å². The second-order valence-corrected chi connectivity index (χ2v) is 4.43. The number of carbonyl (C=O) groups excluding carboxylic acids is 1. The maximum Gasteiger partial charge on any atom is 0.315 e. The molecule has 2 aromatic rings. The van der Waals surface area contributed by atoms with Gasteiger partial charge in [-0.25, -0.2) is 9.18 Å². The van der Waals surface area contributed by atoms with E-state index in [-0.39, 0.29) is 18.4 Å². The molecule has 20 heavy (non-hydrogen) atoms. The Hall–Kier alpha value is -2.37. The molecule has 0 bridgehead atoms. The number of halogens is 1. The van der Waals surface area contributed by atoms with Gasteiger partial charge in [0.2, 0.25) is 0 Å². The Morgan fingerprint density at radius 1 is 1.25 bits per heavy atom. The van der Waals surface area contributed by atoms with E-state index in [1.165, 1.54) is 6.07 Å². The lowest BCUT2D eigenvalue weighted by molar-refractivity contribution is 0.240. The molecule has 0 aliphatic carbocycles. The molecule has 0 aliphatic heterocycles. The summed E-state index contributed by atoms with van der Waals surface area (Å²) in [4.78, 5) is 11.6. The highest BCUT2D eigenvalue weighted by atomic mass is 19.1. The first kappa shape index (κ1) is 14.0. The fourth-order valence-corrected chi connectivity index (χ4v) is 1.80. The average Bonchev–Trinajstić information content (AvgIpc) is 2.75. The van der Waals surface area contributed by atoms with Gasteiger partial charge in [-0.2, -0.15) is 0 Å². The third-order valence-corrected chi connectivity index (χ3v) is 3.00. The van der Waals surface area contributed by atoms with Gasteiger partial charge in [0, 0.05) is 24.2 Å². The molecule has 0 aliphatic rings. The Labute approximate surface area is 116 Å². The Balaban J connectivity index is 1.83. The highest BCUT2D eigenvalue weighted by molar-refractivity contribution is 5.73. The summed E-state index contributed by atoms with van der Waals surface area (Å²) in [5.74, 6) is 0.343. The first-order chi connectivity index (χ1) is 9.58. The minimum atomic E-state index is -0.367. The summed E-state index contributed by atoms with van der Waals surface area (Å²) in [5.41, 5.74) is 2.04. The van der Waals surface area contributed by atoms with Crippen LogP contribution in [0.15, 0.2) is 28.8 Å². The van der Waals surface area contributed by atoms with Crippen molar-refractivity contribution in [3.63, 3.8) is 0 Å². The quantitative estimate of drug-likeness (QED) is 0.902. The Morgan fingerprint density at radius 3 is 2.60 bits per heavy atom. The number of hydrogen-bond donors (Lipinski definition) is 2. The number of amides is 2. The zero-order valence-electron chi connectivity index (χ0n) is 11.4. The second-order valence-electron chi connectivity index (χ2n) is 4.43. The molecule has 0 unspecified atom stereocenters. The molecule has 5 nitrogen and oxygen atoms in total. The molecule has 106 valence electrons. The highest BCUT2D eigenvalue weighted by Gasteiger charge is 2.10. The van der Waals surface area contributed by atoms with Gasteiger partial charge in [-0.3, -0.25) is 0 Å². The summed E-state index contributed by atoms with van der Waals surface area (Å²) in [7, 11) is 0. The minimum absolute atomic E-state index is 0.139. The fraction of sp³-hybridized carbons (Fsp3) is 0.286. The molecule has 2 amide bonds. The van der Waals surface area contributed by atoms with Crippen LogP contribution in [0.4, 0.5) is 9.18 Å². The van der Waals surface area contributed by atoms with E-state index in [2.05, 4.69) is 15.8 Å². The van der Waals surface area contributed by atoms with Gasteiger partial charge in [0.25, 0.3) is 0 Å².